The number of carbonyl (C=O) groups excluding carboxylic acids is 2. The minimum atomic E-state index is 0.197. The Morgan fingerprint density at radius 3 is 2.83 bits per heavy atom. The van der Waals surface area contributed by atoms with Gasteiger partial charge < -0.3 is 4.79 Å². The minimum absolute atomic E-state index is 0.197. The highest BCUT2D eigenvalue weighted by atomic mass is 16.1. The van der Waals surface area contributed by atoms with Gasteiger partial charge >= 0.3 is 0 Å². The summed E-state index contributed by atoms with van der Waals surface area (Å²) in [5.41, 5.74) is 0. The second kappa shape index (κ2) is 4.39. The van der Waals surface area contributed by atoms with E-state index in [1.165, 1.54) is 0 Å². The summed E-state index contributed by atoms with van der Waals surface area (Å²) >= 11 is 0. The lowest BCUT2D eigenvalue weighted by molar-refractivity contribution is -0.125. The molecule has 1 atom stereocenters. The number of carbonyl (C=O) groups is 2. The molecule has 0 N–H and O–H groups in total. The Hall–Kier alpha value is -0.660. The van der Waals surface area contributed by atoms with Gasteiger partial charge in [0.05, 0.1) is 0 Å². The molecule has 1 aliphatic carbocycles. The highest BCUT2D eigenvalue weighted by molar-refractivity contribution is 5.82. The predicted octanol–water partition coefficient (Wildman–Crippen LogP) is 2.11. The third-order valence-corrected chi connectivity index (χ3v) is 2.53. The molecule has 0 aromatic rings. The zero-order chi connectivity index (χ0) is 8.97. The van der Waals surface area contributed by atoms with Crippen LogP contribution in [-0.4, -0.2) is 11.6 Å². The van der Waals surface area contributed by atoms with Crippen molar-refractivity contribution in [2.24, 2.45) is 5.92 Å². The van der Waals surface area contributed by atoms with Crippen molar-refractivity contribution in [2.45, 2.75) is 45.4 Å². The monoisotopic (exact) mass is 168 g/mol. The fourth-order valence-corrected chi connectivity index (χ4v) is 1.74. The summed E-state index contributed by atoms with van der Waals surface area (Å²) in [6, 6.07) is 0. The number of rotatable bonds is 3. The van der Waals surface area contributed by atoms with E-state index >= 15 is 0 Å². The lowest BCUT2D eigenvalue weighted by Crippen LogP contribution is -2.19. The molecule has 0 radical (unpaired) electrons. The molecule has 1 aliphatic rings. The van der Waals surface area contributed by atoms with E-state index in [0.717, 1.165) is 32.1 Å². The van der Waals surface area contributed by atoms with E-state index in [1.807, 2.05) is 0 Å². The van der Waals surface area contributed by atoms with Crippen LogP contribution in [-0.2, 0) is 9.59 Å². The van der Waals surface area contributed by atoms with E-state index in [1.54, 1.807) is 6.92 Å². The summed E-state index contributed by atoms with van der Waals surface area (Å²) in [5.74, 6) is 0.776. The molecule has 12 heavy (non-hydrogen) atoms. The smallest absolute Gasteiger partial charge is 0.135 e. The van der Waals surface area contributed by atoms with Gasteiger partial charge in [0.25, 0.3) is 0 Å². The van der Waals surface area contributed by atoms with Crippen molar-refractivity contribution in [1.82, 2.24) is 0 Å². The minimum Gasteiger partial charge on any atom is -0.300 e. The van der Waals surface area contributed by atoms with Gasteiger partial charge in [-0.15, -0.1) is 0 Å². The Morgan fingerprint density at radius 2 is 2.25 bits per heavy atom. The highest BCUT2D eigenvalue weighted by Crippen LogP contribution is 2.24. The molecule has 1 rings (SSSR count). The molecular formula is C10H16O2. The van der Waals surface area contributed by atoms with Crippen LogP contribution < -0.4 is 0 Å². The van der Waals surface area contributed by atoms with E-state index in [-0.39, 0.29) is 11.7 Å². The van der Waals surface area contributed by atoms with Gasteiger partial charge in [0, 0.05) is 18.8 Å². The first-order valence-electron chi connectivity index (χ1n) is 4.72. The van der Waals surface area contributed by atoms with Crippen LogP contribution in [0, 0.1) is 5.92 Å². The topological polar surface area (TPSA) is 34.1 Å². The van der Waals surface area contributed by atoms with Crippen LogP contribution >= 0.6 is 0 Å². The number of hydrogen-bond acceptors (Lipinski definition) is 2. The summed E-state index contributed by atoms with van der Waals surface area (Å²) in [6.07, 6.45) is 5.32. The summed E-state index contributed by atoms with van der Waals surface area (Å²) < 4.78 is 0. The van der Waals surface area contributed by atoms with E-state index in [9.17, 15) is 9.59 Å². The van der Waals surface area contributed by atoms with Crippen LogP contribution in [0.15, 0.2) is 0 Å². The molecule has 0 aliphatic heterocycles. The van der Waals surface area contributed by atoms with E-state index in [0.29, 0.717) is 12.2 Å². The van der Waals surface area contributed by atoms with Gasteiger partial charge in [-0.1, -0.05) is 6.42 Å². The molecule has 0 spiro atoms. The Morgan fingerprint density at radius 1 is 1.50 bits per heavy atom. The molecule has 1 saturated carbocycles. The van der Waals surface area contributed by atoms with E-state index in [2.05, 4.69) is 0 Å². The van der Waals surface area contributed by atoms with Crippen molar-refractivity contribution in [3.63, 3.8) is 0 Å². The SMILES string of the molecule is CC(=O)CCC1CCCCC1=O. The summed E-state index contributed by atoms with van der Waals surface area (Å²) in [6.45, 7) is 1.59. The standard InChI is InChI=1S/C10H16O2/c1-8(11)6-7-9-4-2-3-5-10(9)12/h9H,2-7H2,1H3. The first kappa shape index (κ1) is 9.43. The maximum absolute atomic E-state index is 11.3. The summed E-state index contributed by atoms with van der Waals surface area (Å²) in [4.78, 5) is 22.0. The van der Waals surface area contributed by atoms with Crippen LogP contribution in [0.2, 0.25) is 0 Å². The molecular weight excluding hydrogens is 152 g/mol. The molecule has 68 valence electrons. The lowest BCUT2D eigenvalue weighted by atomic mass is 9.84. The molecule has 0 heterocycles. The van der Waals surface area contributed by atoms with Gasteiger partial charge in [-0.3, -0.25) is 4.79 Å². The third kappa shape index (κ3) is 2.76. The Bertz CT molecular complexity index is 184. The maximum atomic E-state index is 11.3. The molecule has 1 fully saturated rings. The lowest BCUT2D eigenvalue weighted by Gasteiger charge is -2.19. The Labute approximate surface area is 73.3 Å². The van der Waals surface area contributed by atoms with Crippen LogP contribution in [0.25, 0.3) is 0 Å². The first-order chi connectivity index (χ1) is 5.70. The van der Waals surface area contributed by atoms with Crippen molar-refractivity contribution in [3.8, 4) is 0 Å². The van der Waals surface area contributed by atoms with Gasteiger partial charge in [0.2, 0.25) is 0 Å². The van der Waals surface area contributed by atoms with Gasteiger partial charge in [0.15, 0.2) is 0 Å². The summed E-state index contributed by atoms with van der Waals surface area (Å²) in [7, 11) is 0. The first-order valence-corrected chi connectivity index (χ1v) is 4.72. The molecule has 0 aromatic heterocycles. The zero-order valence-electron chi connectivity index (χ0n) is 7.64. The van der Waals surface area contributed by atoms with E-state index < -0.39 is 0 Å². The Balaban J connectivity index is 2.29. The van der Waals surface area contributed by atoms with Crippen LogP contribution in [0.3, 0.4) is 0 Å². The van der Waals surface area contributed by atoms with Gasteiger partial charge in [-0.05, 0) is 26.2 Å². The number of Topliss-reactive ketones (excluding diaryl/α,β-unsaturated/α-hetero) is 2. The largest absolute Gasteiger partial charge is 0.300 e. The molecule has 0 saturated heterocycles. The fraction of sp³-hybridized carbons (Fsp3) is 0.800. The zero-order valence-corrected chi connectivity index (χ0v) is 7.64. The van der Waals surface area contributed by atoms with E-state index in [4.69, 9.17) is 0 Å². The Kier molecular flexibility index (Phi) is 3.45. The molecule has 0 amide bonds. The second-order valence-electron chi connectivity index (χ2n) is 3.65. The molecule has 2 heteroatoms. The van der Waals surface area contributed by atoms with Gasteiger partial charge in [-0.2, -0.15) is 0 Å². The molecule has 0 bridgehead atoms. The normalized spacial score (nSPS) is 24.1. The van der Waals surface area contributed by atoms with Gasteiger partial charge in [-0.25, -0.2) is 0 Å². The second-order valence-corrected chi connectivity index (χ2v) is 3.65. The predicted molar refractivity (Wildman–Crippen MR) is 46.9 cm³/mol. The summed E-state index contributed by atoms with van der Waals surface area (Å²) in [5, 5.41) is 0. The molecule has 1 unspecified atom stereocenters. The molecule has 2 nitrogen and oxygen atoms in total. The highest BCUT2D eigenvalue weighted by Gasteiger charge is 2.21. The van der Waals surface area contributed by atoms with Crippen molar-refractivity contribution in [1.29, 1.82) is 0 Å². The number of ketones is 2. The number of hydrogen-bond donors (Lipinski definition) is 0. The average Bonchev–Trinajstić information content (AvgIpc) is 2.03. The molecule has 0 aromatic carbocycles. The third-order valence-electron chi connectivity index (χ3n) is 2.53. The average molecular weight is 168 g/mol. The van der Waals surface area contributed by atoms with Gasteiger partial charge in [0.1, 0.15) is 11.6 Å². The fourth-order valence-electron chi connectivity index (χ4n) is 1.74. The van der Waals surface area contributed by atoms with Crippen molar-refractivity contribution >= 4 is 11.6 Å². The van der Waals surface area contributed by atoms with Crippen molar-refractivity contribution in [2.75, 3.05) is 0 Å². The van der Waals surface area contributed by atoms with Crippen molar-refractivity contribution in [3.05, 3.63) is 0 Å². The van der Waals surface area contributed by atoms with Crippen LogP contribution in [0.4, 0.5) is 0 Å². The quantitative estimate of drug-likeness (QED) is 0.646. The van der Waals surface area contributed by atoms with Crippen LogP contribution in [0.1, 0.15) is 45.4 Å². The van der Waals surface area contributed by atoms with Crippen LogP contribution in [0.5, 0.6) is 0 Å². The van der Waals surface area contributed by atoms with Crippen molar-refractivity contribution < 1.29 is 9.59 Å². The maximum Gasteiger partial charge on any atom is 0.135 e.